The lowest BCUT2D eigenvalue weighted by Gasteiger charge is -2.39. The minimum atomic E-state index is 0.107. The molecule has 0 N–H and O–H groups in total. The monoisotopic (exact) mass is 459 g/mol. The van der Waals surface area contributed by atoms with Crippen LogP contribution in [0.5, 0.6) is 0 Å². The van der Waals surface area contributed by atoms with Crippen LogP contribution in [0.1, 0.15) is 37.9 Å². The predicted molar refractivity (Wildman–Crippen MR) is 133 cm³/mol. The third-order valence-electron chi connectivity index (χ3n) is 7.73. The lowest BCUT2D eigenvalue weighted by molar-refractivity contribution is -0.136. The molecule has 0 atom stereocenters. The van der Waals surface area contributed by atoms with Crippen LogP contribution in [0.15, 0.2) is 36.7 Å². The number of anilines is 2. The van der Waals surface area contributed by atoms with Crippen LogP contribution < -0.4 is 9.80 Å². The summed E-state index contributed by atoms with van der Waals surface area (Å²) in [4.78, 5) is 34.2. The van der Waals surface area contributed by atoms with Crippen LogP contribution in [0.25, 0.3) is 11.2 Å². The smallest absolute Gasteiger partial charge is 0.225 e. The second-order valence-electron chi connectivity index (χ2n) is 9.77. The molecule has 0 aliphatic carbocycles. The van der Waals surface area contributed by atoms with Crippen LogP contribution in [-0.2, 0) is 17.8 Å². The van der Waals surface area contributed by atoms with Crippen molar-refractivity contribution in [2.75, 3.05) is 49.1 Å². The molecule has 2 saturated heterocycles. The van der Waals surface area contributed by atoms with E-state index < -0.39 is 0 Å². The molecule has 178 valence electrons. The molecule has 0 spiro atoms. The van der Waals surface area contributed by atoms with Gasteiger partial charge in [0.25, 0.3) is 0 Å². The number of aromatic nitrogens is 4. The third kappa shape index (κ3) is 3.99. The molecule has 0 radical (unpaired) electrons. The zero-order valence-corrected chi connectivity index (χ0v) is 19.8. The van der Waals surface area contributed by atoms with Crippen LogP contribution >= 0.6 is 0 Å². The van der Waals surface area contributed by atoms with Gasteiger partial charge >= 0.3 is 0 Å². The molecule has 6 rings (SSSR count). The van der Waals surface area contributed by atoms with Crippen molar-refractivity contribution >= 4 is 28.6 Å². The topological polar surface area (TPSA) is 70.4 Å². The first-order valence-electron chi connectivity index (χ1n) is 12.8. The van der Waals surface area contributed by atoms with Gasteiger partial charge < -0.3 is 19.3 Å². The summed E-state index contributed by atoms with van der Waals surface area (Å²) in [6.45, 7) is 6.10. The lowest BCUT2D eigenvalue weighted by Crippen LogP contribution is -2.51. The molecule has 0 saturated carbocycles. The van der Waals surface area contributed by atoms with E-state index in [2.05, 4.69) is 53.5 Å². The zero-order chi connectivity index (χ0) is 22.9. The summed E-state index contributed by atoms with van der Waals surface area (Å²) in [5.74, 6) is 2.52. The van der Waals surface area contributed by atoms with E-state index in [1.807, 2.05) is 6.07 Å². The van der Waals surface area contributed by atoms with Gasteiger partial charge in [-0.2, -0.15) is 0 Å². The van der Waals surface area contributed by atoms with Gasteiger partial charge in [0, 0.05) is 63.8 Å². The van der Waals surface area contributed by atoms with Crippen molar-refractivity contribution in [2.45, 2.75) is 45.1 Å². The Balaban J connectivity index is 1.09. The first kappa shape index (κ1) is 21.4. The van der Waals surface area contributed by atoms with Gasteiger partial charge in [0.05, 0.1) is 0 Å². The number of carbonyl (C=O) groups is 1. The van der Waals surface area contributed by atoms with Gasteiger partial charge in [0.15, 0.2) is 17.0 Å². The molecule has 5 heterocycles. The Labute approximate surface area is 200 Å². The molecule has 1 aromatic carbocycles. The minimum absolute atomic E-state index is 0.107. The summed E-state index contributed by atoms with van der Waals surface area (Å²) in [7, 11) is 0. The van der Waals surface area contributed by atoms with E-state index in [0.29, 0.717) is 5.91 Å². The van der Waals surface area contributed by atoms with Crippen LogP contribution in [0.3, 0.4) is 0 Å². The van der Waals surface area contributed by atoms with Gasteiger partial charge in [0.2, 0.25) is 5.91 Å². The molecule has 3 aliphatic rings. The van der Waals surface area contributed by atoms with Crippen LogP contribution in [0, 0.1) is 5.92 Å². The quantitative estimate of drug-likeness (QED) is 0.599. The fourth-order valence-electron chi connectivity index (χ4n) is 5.78. The summed E-state index contributed by atoms with van der Waals surface area (Å²) in [6, 6.07) is 10.5. The number of rotatable bonds is 3. The van der Waals surface area contributed by atoms with Crippen LogP contribution in [0.2, 0.25) is 0 Å². The second kappa shape index (κ2) is 9.24. The van der Waals surface area contributed by atoms with Crippen molar-refractivity contribution in [1.29, 1.82) is 0 Å². The number of hydrogen-bond donors (Lipinski definition) is 0. The fourth-order valence-corrected chi connectivity index (χ4v) is 5.78. The van der Waals surface area contributed by atoms with Gasteiger partial charge in [-0.05, 0) is 37.8 Å². The summed E-state index contributed by atoms with van der Waals surface area (Å²) < 4.78 is 2.29. The minimum Gasteiger partial charge on any atom is -0.368 e. The van der Waals surface area contributed by atoms with Gasteiger partial charge in [-0.1, -0.05) is 24.6 Å². The number of piperidine rings is 1. The van der Waals surface area contributed by atoms with E-state index in [1.54, 1.807) is 6.33 Å². The number of nitrogens with zero attached hydrogens (tertiary/aromatic N) is 7. The normalized spacial score (nSPS) is 19.8. The van der Waals surface area contributed by atoms with Crippen molar-refractivity contribution in [3.05, 3.63) is 42.5 Å². The average molecular weight is 460 g/mol. The van der Waals surface area contributed by atoms with Crippen molar-refractivity contribution in [3.63, 3.8) is 0 Å². The molecule has 3 aromatic rings. The highest BCUT2D eigenvalue weighted by Crippen LogP contribution is 2.30. The predicted octanol–water partition coefficient (Wildman–Crippen LogP) is 3.12. The number of carbonyl (C=O) groups excluding carboxylic acids is 1. The third-order valence-corrected chi connectivity index (χ3v) is 7.73. The Morgan fingerprint density at radius 2 is 1.62 bits per heavy atom. The Bertz CT molecular complexity index is 1140. The van der Waals surface area contributed by atoms with Crippen molar-refractivity contribution in [1.82, 2.24) is 24.4 Å². The Morgan fingerprint density at radius 3 is 2.41 bits per heavy atom. The van der Waals surface area contributed by atoms with E-state index in [-0.39, 0.29) is 5.92 Å². The van der Waals surface area contributed by atoms with Gasteiger partial charge in [-0.25, -0.2) is 15.0 Å². The summed E-state index contributed by atoms with van der Waals surface area (Å²) in [6.07, 6.45) is 8.08. The van der Waals surface area contributed by atoms with Crippen LogP contribution in [-0.4, -0.2) is 69.6 Å². The Kier molecular flexibility index (Phi) is 5.81. The molecule has 2 aromatic heterocycles. The average Bonchev–Trinajstić information content (AvgIpc) is 3.09. The molecule has 34 heavy (non-hydrogen) atoms. The van der Waals surface area contributed by atoms with Crippen molar-refractivity contribution < 1.29 is 4.79 Å². The van der Waals surface area contributed by atoms with Gasteiger partial charge in [0.1, 0.15) is 12.2 Å². The van der Waals surface area contributed by atoms with Crippen molar-refractivity contribution in [2.24, 2.45) is 5.92 Å². The number of hydrogen-bond acceptors (Lipinski definition) is 6. The number of benzene rings is 1. The number of piperazine rings is 1. The maximum absolute atomic E-state index is 13.3. The maximum Gasteiger partial charge on any atom is 0.225 e. The summed E-state index contributed by atoms with van der Waals surface area (Å²) in [5.41, 5.74) is 3.15. The molecule has 0 bridgehead atoms. The van der Waals surface area contributed by atoms with E-state index in [4.69, 9.17) is 4.98 Å². The van der Waals surface area contributed by atoms with Gasteiger partial charge in [-0.3, -0.25) is 4.79 Å². The number of para-hydroxylation sites is 1. The molecule has 3 aliphatic heterocycles. The van der Waals surface area contributed by atoms with E-state index in [0.717, 1.165) is 87.9 Å². The molecular formula is C26H33N7O. The molecule has 2 fully saturated rings. The largest absolute Gasteiger partial charge is 0.368 e. The summed E-state index contributed by atoms with van der Waals surface area (Å²) in [5, 5.41) is 0. The highest BCUT2D eigenvalue weighted by atomic mass is 16.2. The number of fused-ring (bicyclic) bond motifs is 3. The first-order chi connectivity index (χ1) is 16.8. The van der Waals surface area contributed by atoms with E-state index in [1.165, 1.54) is 24.9 Å². The molecule has 1 amide bonds. The van der Waals surface area contributed by atoms with Crippen LogP contribution in [0.4, 0.5) is 11.5 Å². The molecule has 0 unspecified atom stereocenters. The molecule has 8 heteroatoms. The highest BCUT2D eigenvalue weighted by Gasteiger charge is 2.32. The SMILES string of the molecule is O=C(C1CCN(c2ncnc3c2nc2n3CCCCC2)CC1)N1CCN(c2ccccc2)CC1. The number of imidazole rings is 1. The Morgan fingerprint density at radius 1 is 0.824 bits per heavy atom. The molecular weight excluding hydrogens is 426 g/mol. The molecule has 8 nitrogen and oxygen atoms in total. The lowest BCUT2D eigenvalue weighted by atomic mass is 9.95. The van der Waals surface area contributed by atoms with E-state index >= 15 is 0 Å². The number of aryl methyl sites for hydroxylation is 2. The number of amides is 1. The van der Waals surface area contributed by atoms with Crippen molar-refractivity contribution in [3.8, 4) is 0 Å². The second-order valence-corrected chi connectivity index (χ2v) is 9.77. The fraction of sp³-hybridized carbons (Fsp3) is 0.538. The standard InChI is InChI=1S/C26H33N7O/c34-26(32-17-15-30(16-18-32)21-7-3-1-4-8-21)20-10-13-31(14-11-20)24-23-25(28-19-27-24)33-12-6-2-5-9-22(33)29-23/h1,3-4,7-8,19-20H,2,5-6,9-18H2. The van der Waals surface area contributed by atoms with Gasteiger partial charge in [-0.15, -0.1) is 0 Å². The highest BCUT2D eigenvalue weighted by molar-refractivity contribution is 5.84. The summed E-state index contributed by atoms with van der Waals surface area (Å²) >= 11 is 0. The Hall–Kier alpha value is -3.16. The first-order valence-corrected chi connectivity index (χ1v) is 12.8. The zero-order valence-electron chi connectivity index (χ0n) is 19.8. The van der Waals surface area contributed by atoms with E-state index in [9.17, 15) is 4.79 Å². The maximum atomic E-state index is 13.3.